The first kappa shape index (κ1) is 13.5. The van der Waals surface area contributed by atoms with Crippen molar-refractivity contribution >= 4 is 5.91 Å². The maximum absolute atomic E-state index is 12.0. The summed E-state index contributed by atoms with van der Waals surface area (Å²) in [6.45, 7) is 3.09. The van der Waals surface area contributed by atoms with E-state index in [1.54, 1.807) is 0 Å². The van der Waals surface area contributed by atoms with Crippen molar-refractivity contribution < 1.29 is 9.90 Å². The lowest BCUT2D eigenvalue weighted by molar-refractivity contribution is -0.132. The number of amides is 1. The first-order chi connectivity index (χ1) is 7.69. The normalized spacial score (nSPS) is 22.4. The van der Waals surface area contributed by atoms with Crippen LogP contribution >= 0.6 is 0 Å². The molecule has 1 amide bonds. The lowest BCUT2D eigenvalue weighted by atomic mass is 10.1. The predicted molar refractivity (Wildman–Crippen MR) is 63.9 cm³/mol. The molecule has 94 valence electrons. The van der Waals surface area contributed by atoms with E-state index in [1.165, 1.54) is 0 Å². The second-order valence-corrected chi connectivity index (χ2v) is 4.62. The third-order valence-corrected chi connectivity index (χ3v) is 3.35. The Bertz CT molecular complexity index is 221. The van der Waals surface area contributed by atoms with E-state index in [0.717, 1.165) is 38.6 Å². The second kappa shape index (κ2) is 6.86. The summed E-state index contributed by atoms with van der Waals surface area (Å²) in [5, 5.41) is 8.81. The van der Waals surface area contributed by atoms with E-state index in [4.69, 9.17) is 10.8 Å². The Morgan fingerprint density at radius 1 is 1.62 bits per heavy atom. The van der Waals surface area contributed by atoms with Crippen molar-refractivity contribution in [2.75, 3.05) is 13.2 Å². The van der Waals surface area contributed by atoms with E-state index in [1.807, 2.05) is 11.8 Å². The van der Waals surface area contributed by atoms with Gasteiger partial charge in [0.25, 0.3) is 0 Å². The van der Waals surface area contributed by atoms with Crippen LogP contribution in [0.5, 0.6) is 0 Å². The number of hydrogen-bond donors (Lipinski definition) is 2. The van der Waals surface area contributed by atoms with Crippen LogP contribution in [0.15, 0.2) is 0 Å². The van der Waals surface area contributed by atoms with Gasteiger partial charge in [-0.05, 0) is 32.1 Å². The van der Waals surface area contributed by atoms with Crippen molar-refractivity contribution in [3.63, 3.8) is 0 Å². The fourth-order valence-electron chi connectivity index (χ4n) is 2.28. The maximum atomic E-state index is 12.0. The van der Waals surface area contributed by atoms with Crippen molar-refractivity contribution in [2.24, 2.45) is 5.73 Å². The molecule has 1 rings (SSSR count). The predicted octanol–water partition coefficient (Wildman–Crippen LogP) is 0.877. The summed E-state index contributed by atoms with van der Waals surface area (Å²) in [5.74, 6) is 0.190. The summed E-state index contributed by atoms with van der Waals surface area (Å²) in [7, 11) is 0. The van der Waals surface area contributed by atoms with Gasteiger partial charge in [0.2, 0.25) is 5.91 Å². The number of nitrogens with two attached hydrogens (primary N) is 1. The van der Waals surface area contributed by atoms with E-state index in [9.17, 15) is 4.79 Å². The van der Waals surface area contributed by atoms with Crippen LogP contribution in [0.3, 0.4) is 0 Å². The molecule has 0 radical (unpaired) electrons. The van der Waals surface area contributed by atoms with Gasteiger partial charge in [-0.1, -0.05) is 6.92 Å². The molecule has 4 heteroatoms. The molecule has 0 bridgehead atoms. The molecule has 1 saturated heterocycles. The zero-order valence-electron chi connectivity index (χ0n) is 10.2. The molecular formula is C12H24N2O2. The van der Waals surface area contributed by atoms with E-state index in [2.05, 4.69) is 0 Å². The van der Waals surface area contributed by atoms with Gasteiger partial charge in [-0.25, -0.2) is 0 Å². The highest BCUT2D eigenvalue weighted by Gasteiger charge is 2.28. The molecule has 0 saturated carbocycles. The summed E-state index contributed by atoms with van der Waals surface area (Å²) in [6, 6.07) is 0.329. The molecule has 0 spiro atoms. The number of hydrogen-bond acceptors (Lipinski definition) is 3. The van der Waals surface area contributed by atoms with Gasteiger partial charge in [-0.2, -0.15) is 0 Å². The van der Waals surface area contributed by atoms with Crippen LogP contribution in [0, 0.1) is 0 Å². The van der Waals surface area contributed by atoms with Gasteiger partial charge in [0.05, 0.1) is 0 Å². The highest BCUT2D eigenvalue weighted by Crippen LogP contribution is 2.22. The van der Waals surface area contributed by atoms with E-state index >= 15 is 0 Å². The van der Waals surface area contributed by atoms with Crippen LogP contribution in [0.4, 0.5) is 0 Å². The lowest BCUT2D eigenvalue weighted by Gasteiger charge is -2.25. The number of aliphatic hydroxyl groups is 1. The fourth-order valence-corrected chi connectivity index (χ4v) is 2.28. The largest absolute Gasteiger partial charge is 0.396 e. The minimum absolute atomic E-state index is 0.00779. The zero-order chi connectivity index (χ0) is 12.0. The summed E-state index contributed by atoms with van der Waals surface area (Å²) >= 11 is 0. The highest BCUT2D eigenvalue weighted by atomic mass is 16.3. The Labute approximate surface area is 97.8 Å². The van der Waals surface area contributed by atoms with Gasteiger partial charge in [-0.15, -0.1) is 0 Å². The number of aliphatic hydroxyl groups excluding tert-OH is 1. The lowest BCUT2D eigenvalue weighted by Crippen LogP contribution is -2.38. The molecule has 1 heterocycles. The van der Waals surface area contributed by atoms with E-state index < -0.39 is 0 Å². The van der Waals surface area contributed by atoms with Crippen molar-refractivity contribution in [1.29, 1.82) is 0 Å². The fraction of sp³-hybridized carbons (Fsp3) is 0.917. The molecule has 0 aromatic rings. The summed E-state index contributed by atoms with van der Waals surface area (Å²) in [6.07, 6.45) is 5.18. The Morgan fingerprint density at radius 3 is 3.00 bits per heavy atom. The van der Waals surface area contributed by atoms with Gasteiger partial charge < -0.3 is 15.7 Å². The van der Waals surface area contributed by atoms with Crippen molar-refractivity contribution in [2.45, 2.75) is 57.5 Å². The highest BCUT2D eigenvalue weighted by molar-refractivity contribution is 5.77. The first-order valence-corrected chi connectivity index (χ1v) is 6.35. The maximum Gasteiger partial charge on any atom is 0.224 e. The second-order valence-electron chi connectivity index (χ2n) is 4.62. The van der Waals surface area contributed by atoms with Crippen LogP contribution < -0.4 is 5.73 Å². The third-order valence-electron chi connectivity index (χ3n) is 3.35. The van der Waals surface area contributed by atoms with Gasteiger partial charge in [0, 0.05) is 31.7 Å². The van der Waals surface area contributed by atoms with Crippen LogP contribution in [0.1, 0.15) is 45.4 Å². The van der Waals surface area contributed by atoms with Crippen LogP contribution in [-0.4, -0.2) is 41.1 Å². The van der Waals surface area contributed by atoms with Gasteiger partial charge in [0.15, 0.2) is 0 Å². The number of likely N-dealkylation sites (tertiary alicyclic amines) is 1. The number of carbonyl (C=O) groups excluding carboxylic acids is 1. The number of nitrogens with zero attached hydrogens (tertiary/aromatic N) is 1. The summed E-state index contributed by atoms with van der Waals surface area (Å²) in [5.41, 5.74) is 5.80. The molecule has 1 aliphatic rings. The molecule has 2 atom stereocenters. The summed E-state index contributed by atoms with van der Waals surface area (Å²) < 4.78 is 0. The molecule has 2 unspecified atom stereocenters. The smallest absolute Gasteiger partial charge is 0.224 e. The van der Waals surface area contributed by atoms with Crippen LogP contribution in [-0.2, 0) is 4.79 Å². The minimum Gasteiger partial charge on any atom is -0.396 e. The average Bonchev–Trinajstić information content (AvgIpc) is 2.74. The zero-order valence-corrected chi connectivity index (χ0v) is 10.2. The molecule has 1 aliphatic heterocycles. The molecule has 3 N–H and O–H groups in total. The third kappa shape index (κ3) is 3.76. The van der Waals surface area contributed by atoms with Crippen LogP contribution in [0.25, 0.3) is 0 Å². The first-order valence-electron chi connectivity index (χ1n) is 6.35. The monoisotopic (exact) mass is 228 g/mol. The van der Waals surface area contributed by atoms with Crippen LogP contribution in [0.2, 0.25) is 0 Å². The van der Waals surface area contributed by atoms with Crippen molar-refractivity contribution in [1.82, 2.24) is 4.90 Å². The molecule has 0 aliphatic carbocycles. The quantitative estimate of drug-likeness (QED) is 0.709. The molecule has 1 fully saturated rings. The van der Waals surface area contributed by atoms with Gasteiger partial charge in [-0.3, -0.25) is 4.79 Å². The van der Waals surface area contributed by atoms with Crippen molar-refractivity contribution in [3.8, 4) is 0 Å². The minimum atomic E-state index is -0.00779. The number of rotatable bonds is 6. The molecule has 0 aromatic heterocycles. The average molecular weight is 228 g/mol. The Morgan fingerprint density at radius 2 is 2.38 bits per heavy atom. The molecule has 4 nitrogen and oxygen atoms in total. The van der Waals surface area contributed by atoms with Gasteiger partial charge in [0.1, 0.15) is 0 Å². The molecular weight excluding hydrogens is 204 g/mol. The molecule has 0 aromatic carbocycles. The SMILES string of the molecule is CCC(N)CC(=O)N1CCCC1CCCO. The van der Waals surface area contributed by atoms with E-state index in [-0.39, 0.29) is 18.6 Å². The Hall–Kier alpha value is -0.610. The Balaban J connectivity index is 2.41. The van der Waals surface area contributed by atoms with E-state index in [0.29, 0.717) is 12.5 Å². The van der Waals surface area contributed by atoms with Crippen molar-refractivity contribution in [3.05, 3.63) is 0 Å². The standard InChI is InChI=1S/C12H24N2O2/c1-2-10(13)9-12(16)14-7-3-5-11(14)6-4-8-15/h10-11,15H,2-9,13H2,1H3. The van der Waals surface area contributed by atoms with Gasteiger partial charge >= 0.3 is 0 Å². The Kier molecular flexibility index (Phi) is 5.77. The molecule has 16 heavy (non-hydrogen) atoms. The summed E-state index contributed by atoms with van der Waals surface area (Å²) in [4.78, 5) is 13.9. The number of carbonyl (C=O) groups is 1. The topological polar surface area (TPSA) is 66.6 Å².